The average molecular weight is 230 g/mol. The third kappa shape index (κ3) is 3.16. The Labute approximate surface area is 102 Å². The van der Waals surface area contributed by atoms with Crippen LogP contribution >= 0.6 is 0 Å². The molecule has 0 aliphatic heterocycles. The van der Waals surface area contributed by atoms with Crippen LogP contribution in [0.2, 0.25) is 0 Å². The van der Waals surface area contributed by atoms with Gasteiger partial charge < -0.3 is 4.42 Å². The summed E-state index contributed by atoms with van der Waals surface area (Å²) < 4.78 is 5.65. The third-order valence-electron chi connectivity index (χ3n) is 2.58. The highest BCUT2D eigenvalue weighted by Crippen LogP contribution is 2.20. The molecule has 0 aliphatic rings. The van der Waals surface area contributed by atoms with Crippen molar-refractivity contribution in [3.05, 3.63) is 47.7 Å². The summed E-state index contributed by atoms with van der Waals surface area (Å²) in [5, 5.41) is 8.16. The summed E-state index contributed by atoms with van der Waals surface area (Å²) in [6, 6.07) is 10.3. The molecule has 2 aromatic rings. The second-order valence-electron chi connectivity index (χ2n) is 5.24. The van der Waals surface area contributed by atoms with Crippen LogP contribution in [-0.4, -0.2) is 10.2 Å². The summed E-state index contributed by atoms with van der Waals surface area (Å²) in [5.74, 6) is 1.43. The molecule has 1 aromatic heterocycles. The zero-order valence-electron chi connectivity index (χ0n) is 10.6. The van der Waals surface area contributed by atoms with Crippen molar-refractivity contribution >= 4 is 0 Å². The van der Waals surface area contributed by atoms with E-state index in [0.29, 0.717) is 5.89 Å². The summed E-state index contributed by atoms with van der Waals surface area (Å²) in [7, 11) is 0. The van der Waals surface area contributed by atoms with Gasteiger partial charge in [0.05, 0.1) is 0 Å². The molecule has 0 atom stereocenters. The first-order valence-corrected chi connectivity index (χ1v) is 5.92. The van der Waals surface area contributed by atoms with Crippen molar-refractivity contribution in [3.63, 3.8) is 0 Å². The Kier molecular flexibility index (Phi) is 3.27. The summed E-state index contributed by atoms with van der Waals surface area (Å²) in [5.41, 5.74) is 1.22. The van der Waals surface area contributed by atoms with Crippen molar-refractivity contribution in [1.29, 1.82) is 0 Å². The zero-order chi connectivity index (χ0) is 12.3. The van der Waals surface area contributed by atoms with Crippen LogP contribution in [0.1, 0.15) is 38.1 Å². The topological polar surface area (TPSA) is 38.9 Å². The highest BCUT2D eigenvalue weighted by atomic mass is 16.4. The summed E-state index contributed by atoms with van der Waals surface area (Å²) in [6.45, 7) is 6.21. The maximum atomic E-state index is 5.65. The van der Waals surface area contributed by atoms with Crippen LogP contribution in [0.5, 0.6) is 0 Å². The zero-order valence-corrected chi connectivity index (χ0v) is 10.6. The van der Waals surface area contributed by atoms with Crippen LogP contribution in [0.25, 0.3) is 0 Å². The molecule has 0 fully saturated rings. The minimum Gasteiger partial charge on any atom is -0.425 e. The summed E-state index contributed by atoms with van der Waals surface area (Å²) in [4.78, 5) is 0. The fourth-order valence-electron chi connectivity index (χ4n) is 1.55. The van der Waals surface area contributed by atoms with E-state index in [1.807, 2.05) is 18.2 Å². The van der Waals surface area contributed by atoms with E-state index in [2.05, 4.69) is 43.1 Å². The number of hydrogen-bond donors (Lipinski definition) is 0. The van der Waals surface area contributed by atoms with Crippen molar-refractivity contribution in [3.8, 4) is 0 Å². The molecule has 0 N–H and O–H groups in total. The predicted octanol–water partition coefficient (Wildman–Crippen LogP) is 3.15. The lowest BCUT2D eigenvalue weighted by molar-refractivity contribution is 0.371. The third-order valence-corrected chi connectivity index (χ3v) is 2.58. The van der Waals surface area contributed by atoms with Crippen LogP contribution < -0.4 is 0 Å². The number of hydrogen-bond acceptors (Lipinski definition) is 3. The van der Waals surface area contributed by atoms with Gasteiger partial charge in [0.1, 0.15) is 0 Å². The molecule has 1 heterocycles. The van der Waals surface area contributed by atoms with E-state index in [1.165, 1.54) is 5.56 Å². The van der Waals surface area contributed by atoms with Gasteiger partial charge in [-0.25, -0.2) is 0 Å². The first-order valence-electron chi connectivity index (χ1n) is 5.92. The van der Waals surface area contributed by atoms with Crippen LogP contribution in [0.3, 0.4) is 0 Å². The molecule has 0 amide bonds. The predicted molar refractivity (Wildman–Crippen MR) is 66.8 cm³/mol. The average Bonchev–Trinajstić information content (AvgIpc) is 2.76. The van der Waals surface area contributed by atoms with Crippen molar-refractivity contribution < 1.29 is 4.42 Å². The molecule has 0 bridgehead atoms. The van der Waals surface area contributed by atoms with Gasteiger partial charge in [-0.3, -0.25) is 0 Å². The van der Waals surface area contributed by atoms with E-state index in [-0.39, 0.29) is 5.41 Å². The van der Waals surface area contributed by atoms with Crippen LogP contribution in [-0.2, 0) is 18.3 Å². The second-order valence-corrected chi connectivity index (χ2v) is 5.24. The molecule has 0 saturated carbocycles. The first-order chi connectivity index (χ1) is 8.05. The fraction of sp³-hybridized carbons (Fsp3) is 0.429. The van der Waals surface area contributed by atoms with E-state index < -0.39 is 0 Å². The van der Waals surface area contributed by atoms with E-state index >= 15 is 0 Å². The summed E-state index contributed by atoms with van der Waals surface area (Å²) in [6.07, 6.45) is 1.74. The van der Waals surface area contributed by atoms with Crippen molar-refractivity contribution in [2.45, 2.75) is 39.0 Å². The van der Waals surface area contributed by atoms with Gasteiger partial charge in [0, 0.05) is 11.8 Å². The first kappa shape index (κ1) is 11.8. The Bertz CT molecular complexity index is 468. The number of nitrogens with zero attached hydrogens (tertiary/aromatic N) is 2. The molecule has 0 aliphatic carbocycles. The molecule has 0 radical (unpaired) electrons. The molecular formula is C14H18N2O. The maximum Gasteiger partial charge on any atom is 0.221 e. The molecule has 3 heteroatoms. The molecule has 3 nitrogen and oxygen atoms in total. The monoisotopic (exact) mass is 230 g/mol. The molecule has 1 aromatic carbocycles. The van der Waals surface area contributed by atoms with Crippen molar-refractivity contribution in [1.82, 2.24) is 10.2 Å². The Morgan fingerprint density at radius 1 is 1.00 bits per heavy atom. The van der Waals surface area contributed by atoms with Gasteiger partial charge in [0.2, 0.25) is 11.8 Å². The van der Waals surface area contributed by atoms with E-state index in [1.54, 1.807) is 0 Å². The van der Waals surface area contributed by atoms with Crippen molar-refractivity contribution in [2.24, 2.45) is 0 Å². The standard InChI is InChI=1S/C14H18N2O/c1-14(2,3)13-16-15-12(17-13)10-9-11-7-5-4-6-8-11/h4-8H,9-10H2,1-3H3. The Morgan fingerprint density at radius 3 is 2.29 bits per heavy atom. The second kappa shape index (κ2) is 4.70. The van der Waals surface area contributed by atoms with Gasteiger partial charge in [-0.05, 0) is 12.0 Å². The van der Waals surface area contributed by atoms with Gasteiger partial charge >= 0.3 is 0 Å². The smallest absolute Gasteiger partial charge is 0.221 e. The Hall–Kier alpha value is -1.64. The number of rotatable bonds is 3. The van der Waals surface area contributed by atoms with Gasteiger partial charge in [0.15, 0.2) is 0 Å². The molecule has 17 heavy (non-hydrogen) atoms. The minimum absolute atomic E-state index is 0.0714. The van der Waals surface area contributed by atoms with Gasteiger partial charge in [-0.1, -0.05) is 51.1 Å². The maximum absolute atomic E-state index is 5.65. The number of aromatic nitrogens is 2. The lowest BCUT2D eigenvalue weighted by Crippen LogP contribution is -2.11. The molecule has 90 valence electrons. The molecule has 2 rings (SSSR count). The molecule has 0 saturated heterocycles. The van der Waals surface area contributed by atoms with Crippen LogP contribution in [0.15, 0.2) is 34.7 Å². The largest absolute Gasteiger partial charge is 0.425 e. The number of benzene rings is 1. The van der Waals surface area contributed by atoms with Crippen LogP contribution in [0, 0.1) is 0 Å². The van der Waals surface area contributed by atoms with E-state index in [9.17, 15) is 0 Å². The molecule has 0 spiro atoms. The SMILES string of the molecule is CC(C)(C)c1nnc(CCc2ccccc2)o1. The highest BCUT2D eigenvalue weighted by molar-refractivity contribution is 5.15. The fourth-order valence-corrected chi connectivity index (χ4v) is 1.55. The van der Waals surface area contributed by atoms with E-state index in [0.717, 1.165) is 18.7 Å². The molecule has 0 unspecified atom stereocenters. The Morgan fingerprint density at radius 2 is 1.71 bits per heavy atom. The van der Waals surface area contributed by atoms with Crippen molar-refractivity contribution in [2.75, 3.05) is 0 Å². The quantitative estimate of drug-likeness (QED) is 0.813. The highest BCUT2D eigenvalue weighted by Gasteiger charge is 2.21. The lowest BCUT2D eigenvalue weighted by Gasteiger charge is -2.10. The van der Waals surface area contributed by atoms with Crippen LogP contribution in [0.4, 0.5) is 0 Å². The van der Waals surface area contributed by atoms with Gasteiger partial charge in [-0.15, -0.1) is 10.2 Å². The van der Waals surface area contributed by atoms with Gasteiger partial charge in [-0.2, -0.15) is 0 Å². The minimum atomic E-state index is -0.0714. The van der Waals surface area contributed by atoms with Gasteiger partial charge in [0.25, 0.3) is 0 Å². The lowest BCUT2D eigenvalue weighted by atomic mass is 9.97. The normalized spacial score (nSPS) is 11.7. The summed E-state index contributed by atoms with van der Waals surface area (Å²) >= 11 is 0. The number of aryl methyl sites for hydroxylation is 2. The molecular weight excluding hydrogens is 212 g/mol. The Balaban J connectivity index is 1.99. The van der Waals surface area contributed by atoms with E-state index in [4.69, 9.17) is 4.42 Å².